The summed E-state index contributed by atoms with van der Waals surface area (Å²) in [5.41, 5.74) is 1.14. The number of halogens is 1. The Hall–Kier alpha value is -1.26. The Labute approximate surface area is 95.9 Å². The van der Waals surface area contributed by atoms with Gasteiger partial charge in [-0.05, 0) is 30.6 Å². The molecule has 0 aliphatic carbocycles. The van der Waals surface area contributed by atoms with Crippen molar-refractivity contribution in [1.29, 1.82) is 0 Å². The maximum Gasteiger partial charge on any atom is 0.207 e. The lowest BCUT2D eigenvalue weighted by atomic mass is 10.1. The fraction of sp³-hybridized carbons (Fsp3) is 0.100. The van der Waals surface area contributed by atoms with Crippen molar-refractivity contribution < 1.29 is 4.79 Å². The molecule has 3 nitrogen and oxygen atoms in total. The van der Waals surface area contributed by atoms with Crippen molar-refractivity contribution >= 4 is 28.9 Å². The summed E-state index contributed by atoms with van der Waals surface area (Å²) in [6.07, 6.45) is 0. The molecule has 0 saturated heterocycles. The van der Waals surface area contributed by atoms with Gasteiger partial charge in [-0.2, -0.15) is 0 Å². The van der Waals surface area contributed by atoms with Crippen LogP contribution in [-0.4, -0.2) is 15.4 Å². The van der Waals surface area contributed by atoms with Gasteiger partial charge in [0.2, 0.25) is 5.78 Å². The lowest BCUT2D eigenvalue weighted by Gasteiger charge is -2.00. The lowest BCUT2D eigenvalue weighted by Crippen LogP contribution is -2.01. The van der Waals surface area contributed by atoms with Crippen LogP contribution in [0.3, 0.4) is 0 Å². The molecule has 1 aromatic carbocycles. The predicted octanol–water partition coefficient (Wildman–Crippen LogP) is 2.73. The molecule has 2 rings (SSSR count). The highest BCUT2D eigenvalue weighted by Crippen LogP contribution is 2.21. The molecule has 76 valence electrons. The molecule has 0 saturated carbocycles. The van der Waals surface area contributed by atoms with E-state index in [0.717, 1.165) is 11.5 Å². The van der Waals surface area contributed by atoms with Crippen molar-refractivity contribution in [3.63, 3.8) is 0 Å². The minimum absolute atomic E-state index is 0.117. The third-order valence-corrected chi connectivity index (χ3v) is 3.13. The Bertz CT molecular complexity index is 510. The molecule has 0 unspecified atom stereocenters. The largest absolute Gasteiger partial charge is 0.288 e. The number of hydrogen-bond acceptors (Lipinski definition) is 4. The second-order valence-electron chi connectivity index (χ2n) is 3.00. The van der Waals surface area contributed by atoms with Gasteiger partial charge in [-0.25, -0.2) is 0 Å². The van der Waals surface area contributed by atoms with Crippen molar-refractivity contribution in [3.8, 4) is 0 Å². The van der Waals surface area contributed by atoms with Gasteiger partial charge in [0.25, 0.3) is 0 Å². The fourth-order valence-electron chi connectivity index (χ4n) is 1.21. The molecule has 0 spiro atoms. The molecule has 0 atom stereocenters. The Balaban J connectivity index is 2.46. The smallest absolute Gasteiger partial charge is 0.207 e. The summed E-state index contributed by atoms with van der Waals surface area (Å²) < 4.78 is 3.73. The van der Waals surface area contributed by atoms with Gasteiger partial charge in [0, 0.05) is 5.56 Å². The molecule has 0 aliphatic rings. The quantitative estimate of drug-likeness (QED) is 0.756. The molecule has 0 N–H and O–H groups in total. The van der Waals surface area contributed by atoms with Crippen LogP contribution >= 0.6 is 23.1 Å². The van der Waals surface area contributed by atoms with Crippen molar-refractivity contribution in [2.24, 2.45) is 0 Å². The average molecular weight is 239 g/mol. The van der Waals surface area contributed by atoms with Crippen molar-refractivity contribution in [3.05, 3.63) is 45.4 Å². The first-order valence-electron chi connectivity index (χ1n) is 4.28. The maximum absolute atomic E-state index is 12.0. The topological polar surface area (TPSA) is 42.9 Å². The third kappa shape index (κ3) is 1.91. The van der Waals surface area contributed by atoms with Gasteiger partial charge in [-0.15, -0.1) is 5.10 Å². The number of aryl methyl sites for hydroxylation is 1. The molecule has 5 heteroatoms. The highest BCUT2D eigenvalue weighted by Gasteiger charge is 2.17. The zero-order chi connectivity index (χ0) is 10.8. The number of nitrogens with zero attached hydrogens (tertiary/aromatic N) is 2. The summed E-state index contributed by atoms with van der Waals surface area (Å²) in [5.74, 6) is -0.117. The molecule has 0 fully saturated rings. The van der Waals surface area contributed by atoms with E-state index in [4.69, 9.17) is 11.6 Å². The highest BCUT2D eigenvalue weighted by atomic mass is 35.5. The first-order valence-corrected chi connectivity index (χ1v) is 5.43. The van der Waals surface area contributed by atoms with Crippen LogP contribution < -0.4 is 0 Å². The number of aromatic nitrogens is 2. The predicted molar refractivity (Wildman–Crippen MR) is 59.5 cm³/mol. The summed E-state index contributed by atoms with van der Waals surface area (Å²) >= 11 is 7.02. The fourth-order valence-corrected chi connectivity index (χ4v) is 2.04. The van der Waals surface area contributed by atoms with Crippen LogP contribution in [0.15, 0.2) is 24.3 Å². The van der Waals surface area contributed by atoms with Gasteiger partial charge < -0.3 is 0 Å². The monoisotopic (exact) mass is 238 g/mol. The van der Waals surface area contributed by atoms with Crippen LogP contribution in [-0.2, 0) is 0 Å². The van der Waals surface area contributed by atoms with Gasteiger partial charge in [0.15, 0.2) is 0 Å². The second-order valence-corrected chi connectivity index (χ2v) is 4.16. The molecule has 0 amide bonds. The highest BCUT2D eigenvalue weighted by molar-refractivity contribution is 7.08. The van der Waals surface area contributed by atoms with E-state index in [1.807, 2.05) is 0 Å². The van der Waals surface area contributed by atoms with E-state index in [1.165, 1.54) is 0 Å². The molecule has 1 heterocycles. The van der Waals surface area contributed by atoms with Crippen molar-refractivity contribution in [1.82, 2.24) is 9.59 Å². The van der Waals surface area contributed by atoms with Gasteiger partial charge >= 0.3 is 0 Å². The van der Waals surface area contributed by atoms with Crippen LogP contribution in [0.1, 0.15) is 20.9 Å². The van der Waals surface area contributed by atoms with Crippen LogP contribution in [0, 0.1) is 6.92 Å². The summed E-state index contributed by atoms with van der Waals surface area (Å²) in [4.78, 5) is 12.5. The number of rotatable bonds is 2. The molecule has 0 aliphatic heterocycles. The third-order valence-electron chi connectivity index (χ3n) is 1.98. The summed E-state index contributed by atoms with van der Waals surface area (Å²) in [6.45, 7) is 1.76. The molecular formula is C10H7ClN2OS. The van der Waals surface area contributed by atoms with Crippen LogP contribution in [0.2, 0.25) is 5.02 Å². The van der Waals surface area contributed by atoms with E-state index in [1.54, 1.807) is 31.2 Å². The summed E-state index contributed by atoms with van der Waals surface area (Å²) in [5, 5.41) is 4.25. The summed E-state index contributed by atoms with van der Waals surface area (Å²) in [6, 6.07) is 6.96. The van der Waals surface area contributed by atoms with E-state index >= 15 is 0 Å². The average Bonchev–Trinajstić information content (AvgIpc) is 2.64. The second kappa shape index (κ2) is 4.08. The van der Waals surface area contributed by atoms with E-state index in [-0.39, 0.29) is 5.78 Å². The Morgan fingerprint density at radius 3 is 2.73 bits per heavy atom. The Morgan fingerprint density at radius 1 is 1.40 bits per heavy atom. The minimum atomic E-state index is -0.117. The molecular weight excluding hydrogens is 232 g/mol. The minimum Gasteiger partial charge on any atom is -0.288 e. The van der Waals surface area contributed by atoms with E-state index < -0.39 is 0 Å². The van der Waals surface area contributed by atoms with Gasteiger partial charge in [-0.3, -0.25) is 4.79 Å². The first-order chi connectivity index (χ1) is 7.20. The van der Waals surface area contributed by atoms with Crippen LogP contribution in [0.4, 0.5) is 0 Å². The first kappa shape index (κ1) is 10.3. The number of carbonyl (C=O) groups is 1. The van der Waals surface area contributed by atoms with Gasteiger partial charge in [0.1, 0.15) is 4.88 Å². The molecule has 0 radical (unpaired) electrons. The van der Waals surface area contributed by atoms with E-state index in [9.17, 15) is 4.79 Å². The zero-order valence-electron chi connectivity index (χ0n) is 7.90. The van der Waals surface area contributed by atoms with Crippen molar-refractivity contribution in [2.45, 2.75) is 6.92 Å². The Morgan fingerprint density at radius 2 is 2.13 bits per heavy atom. The molecule has 2 aromatic rings. The lowest BCUT2D eigenvalue weighted by molar-refractivity contribution is 0.104. The van der Waals surface area contributed by atoms with E-state index in [2.05, 4.69) is 9.59 Å². The molecule has 1 aromatic heterocycles. The van der Waals surface area contributed by atoms with Gasteiger partial charge in [0.05, 0.1) is 10.7 Å². The van der Waals surface area contributed by atoms with Crippen molar-refractivity contribution in [2.75, 3.05) is 0 Å². The molecule has 0 bridgehead atoms. The maximum atomic E-state index is 12.0. The molecule has 15 heavy (non-hydrogen) atoms. The number of benzene rings is 1. The normalized spacial score (nSPS) is 10.3. The van der Waals surface area contributed by atoms with Gasteiger partial charge in [-0.1, -0.05) is 28.2 Å². The number of hydrogen-bond donors (Lipinski definition) is 0. The standard InChI is InChI=1S/C10H7ClN2OS/c1-6-10(15-13-12-6)9(14)7-4-2-3-5-8(7)11/h2-5H,1H3. The summed E-state index contributed by atoms with van der Waals surface area (Å²) in [7, 11) is 0. The SMILES string of the molecule is Cc1nnsc1C(=O)c1ccccc1Cl. The Kier molecular flexibility index (Phi) is 2.79. The number of ketones is 1. The van der Waals surface area contributed by atoms with E-state index in [0.29, 0.717) is 21.2 Å². The van der Waals surface area contributed by atoms with Crippen LogP contribution in [0.5, 0.6) is 0 Å². The van der Waals surface area contributed by atoms with Crippen LogP contribution in [0.25, 0.3) is 0 Å². The zero-order valence-corrected chi connectivity index (χ0v) is 9.47. The number of carbonyl (C=O) groups excluding carboxylic acids is 1.